The van der Waals surface area contributed by atoms with E-state index in [1.807, 2.05) is 60.7 Å². The van der Waals surface area contributed by atoms with E-state index >= 15 is 0 Å². The number of tetrazole rings is 1. The van der Waals surface area contributed by atoms with Gasteiger partial charge in [-0.05, 0) is 53.8 Å². The fourth-order valence-corrected chi connectivity index (χ4v) is 5.80. The second-order valence-electron chi connectivity index (χ2n) is 11.4. The summed E-state index contributed by atoms with van der Waals surface area (Å²) in [7, 11) is 0. The molecule has 7 nitrogen and oxygen atoms in total. The van der Waals surface area contributed by atoms with E-state index in [9.17, 15) is 9.90 Å². The Kier molecular flexibility index (Phi) is 7.63. The molecule has 0 saturated carbocycles. The van der Waals surface area contributed by atoms with Gasteiger partial charge in [-0.3, -0.25) is 0 Å². The van der Waals surface area contributed by atoms with Gasteiger partial charge in [-0.15, -0.1) is 10.2 Å². The van der Waals surface area contributed by atoms with Crippen molar-refractivity contribution < 1.29 is 9.90 Å². The highest BCUT2D eigenvalue weighted by atomic mass is 16.4. The molecule has 0 radical (unpaired) electrons. The first-order valence-electron chi connectivity index (χ1n) is 14.8. The molecule has 216 valence electrons. The van der Waals surface area contributed by atoms with Crippen LogP contribution in [0.5, 0.6) is 0 Å². The maximum atomic E-state index is 12.4. The second-order valence-corrected chi connectivity index (χ2v) is 11.4. The average molecular weight is 570 g/mol. The molecule has 1 N–H and O–H groups in total. The van der Waals surface area contributed by atoms with Crippen molar-refractivity contribution in [2.75, 3.05) is 0 Å². The molecule has 0 amide bonds. The molecule has 0 aliphatic rings. The van der Waals surface area contributed by atoms with Crippen LogP contribution in [0.1, 0.15) is 60.8 Å². The summed E-state index contributed by atoms with van der Waals surface area (Å²) < 4.78 is 2.19. The number of carboxylic acids is 1. The number of unbranched alkanes of at least 4 members (excludes halogenated alkanes) is 1. The van der Waals surface area contributed by atoms with E-state index in [0.29, 0.717) is 17.8 Å². The van der Waals surface area contributed by atoms with Crippen molar-refractivity contribution >= 4 is 16.9 Å². The summed E-state index contributed by atoms with van der Waals surface area (Å²) in [6.07, 6.45) is 2.56. The van der Waals surface area contributed by atoms with E-state index < -0.39 is 11.5 Å². The molecule has 0 bridgehead atoms. The standard InChI is InChI=1S/C36H35N5O2/c1-4-5-23-40-31-18-12-11-17-30(31)33(35(42)43)32(40)24-25-19-21-26(22-20-25)28-15-9-10-16-29(28)34-37-39-41(38-34)36(2,3)27-13-7-6-8-14-27/h6-22H,4-5,23-24H2,1-3H3,(H,42,43). The number of rotatable bonds is 10. The third kappa shape index (κ3) is 5.34. The zero-order chi connectivity index (χ0) is 30.0. The van der Waals surface area contributed by atoms with E-state index in [2.05, 4.69) is 78.1 Å². The first kappa shape index (κ1) is 28.1. The lowest BCUT2D eigenvalue weighted by molar-refractivity contribution is 0.0697. The molecule has 0 spiro atoms. The molecule has 4 aromatic carbocycles. The van der Waals surface area contributed by atoms with E-state index in [1.165, 1.54) is 0 Å². The van der Waals surface area contributed by atoms with Crippen molar-refractivity contribution in [3.63, 3.8) is 0 Å². The van der Waals surface area contributed by atoms with Gasteiger partial charge in [-0.2, -0.15) is 4.80 Å². The summed E-state index contributed by atoms with van der Waals surface area (Å²) in [6.45, 7) is 7.10. The molecule has 2 heterocycles. The Morgan fingerprint density at radius 1 is 0.837 bits per heavy atom. The summed E-state index contributed by atoms with van der Waals surface area (Å²) >= 11 is 0. The van der Waals surface area contributed by atoms with Crippen LogP contribution in [-0.2, 0) is 18.5 Å². The predicted molar refractivity (Wildman–Crippen MR) is 170 cm³/mol. The van der Waals surface area contributed by atoms with Crippen molar-refractivity contribution in [2.24, 2.45) is 0 Å². The van der Waals surface area contributed by atoms with Crippen LogP contribution in [-0.4, -0.2) is 35.9 Å². The summed E-state index contributed by atoms with van der Waals surface area (Å²) in [5.74, 6) is -0.321. The number of aromatic nitrogens is 5. The lowest BCUT2D eigenvalue weighted by atomic mass is 9.95. The molecule has 43 heavy (non-hydrogen) atoms. The number of nitrogens with zero attached hydrogens (tertiary/aromatic N) is 5. The summed E-state index contributed by atoms with van der Waals surface area (Å²) in [5, 5.41) is 24.7. The largest absolute Gasteiger partial charge is 0.478 e. The van der Waals surface area contributed by atoms with Crippen LogP contribution in [0.15, 0.2) is 103 Å². The minimum Gasteiger partial charge on any atom is -0.478 e. The van der Waals surface area contributed by atoms with Crippen LogP contribution in [0.25, 0.3) is 33.4 Å². The molecule has 6 aromatic rings. The van der Waals surface area contributed by atoms with Gasteiger partial charge < -0.3 is 9.67 Å². The third-order valence-corrected chi connectivity index (χ3v) is 8.23. The summed E-state index contributed by atoms with van der Waals surface area (Å²) in [4.78, 5) is 14.1. The molecular formula is C36H35N5O2. The zero-order valence-corrected chi connectivity index (χ0v) is 24.7. The van der Waals surface area contributed by atoms with Crippen LogP contribution in [0.3, 0.4) is 0 Å². The molecule has 7 heteroatoms. The van der Waals surface area contributed by atoms with Crippen LogP contribution in [0, 0.1) is 0 Å². The Balaban J connectivity index is 1.32. The first-order valence-corrected chi connectivity index (χ1v) is 14.8. The number of aromatic carboxylic acids is 1. The van der Waals surface area contributed by atoms with E-state index in [1.54, 1.807) is 4.80 Å². The highest BCUT2D eigenvalue weighted by Crippen LogP contribution is 2.33. The van der Waals surface area contributed by atoms with E-state index in [-0.39, 0.29) is 0 Å². The van der Waals surface area contributed by atoms with Gasteiger partial charge in [0.1, 0.15) is 5.54 Å². The monoisotopic (exact) mass is 569 g/mol. The molecular weight excluding hydrogens is 534 g/mol. The number of fused-ring (bicyclic) bond motifs is 1. The molecule has 0 atom stereocenters. The molecule has 0 aliphatic heterocycles. The van der Waals surface area contributed by atoms with Crippen molar-refractivity contribution in [2.45, 2.75) is 52.1 Å². The van der Waals surface area contributed by atoms with Gasteiger partial charge in [-0.1, -0.05) is 110 Å². The van der Waals surface area contributed by atoms with Crippen molar-refractivity contribution in [1.29, 1.82) is 0 Å². The Hall–Kier alpha value is -5.04. The Labute approximate surface area is 251 Å². The first-order chi connectivity index (χ1) is 20.9. The molecule has 0 aliphatic carbocycles. The number of hydrogen-bond acceptors (Lipinski definition) is 4. The van der Waals surface area contributed by atoms with Crippen molar-refractivity contribution in [3.8, 4) is 22.5 Å². The van der Waals surface area contributed by atoms with Gasteiger partial charge in [0.2, 0.25) is 5.82 Å². The SMILES string of the molecule is CCCCn1c(Cc2ccc(-c3ccccc3-c3nnn(C(C)(C)c4ccccc4)n3)cc2)c(C(=O)O)c2ccccc21. The van der Waals surface area contributed by atoms with Gasteiger partial charge in [0.15, 0.2) is 0 Å². The molecule has 0 fully saturated rings. The minimum absolute atomic E-state index is 0.397. The molecule has 0 unspecified atom stereocenters. The second kappa shape index (κ2) is 11.7. The normalized spacial score (nSPS) is 11.7. The number of hydrogen-bond donors (Lipinski definition) is 1. The fourth-order valence-electron chi connectivity index (χ4n) is 5.80. The lowest BCUT2D eigenvalue weighted by Crippen LogP contribution is -2.30. The quantitative estimate of drug-likeness (QED) is 0.182. The third-order valence-electron chi connectivity index (χ3n) is 8.23. The fraction of sp³-hybridized carbons (Fsp3) is 0.222. The maximum Gasteiger partial charge on any atom is 0.338 e. The minimum atomic E-state index is -0.886. The smallest absolute Gasteiger partial charge is 0.338 e. The van der Waals surface area contributed by atoms with Gasteiger partial charge in [0.25, 0.3) is 0 Å². The predicted octanol–water partition coefficient (Wildman–Crippen LogP) is 7.83. The van der Waals surface area contributed by atoms with Gasteiger partial charge in [0.05, 0.1) is 5.56 Å². The zero-order valence-electron chi connectivity index (χ0n) is 24.7. The summed E-state index contributed by atoms with van der Waals surface area (Å²) in [5.41, 5.74) is 6.85. The van der Waals surface area contributed by atoms with Crippen molar-refractivity contribution in [1.82, 2.24) is 24.8 Å². The average Bonchev–Trinajstić information content (AvgIpc) is 3.65. The highest BCUT2D eigenvalue weighted by Gasteiger charge is 2.27. The van der Waals surface area contributed by atoms with Gasteiger partial charge >= 0.3 is 5.97 Å². The van der Waals surface area contributed by atoms with Crippen molar-refractivity contribution in [3.05, 3.63) is 126 Å². The van der Waals surface area contributed by atoms with Crippen LogP contribution < -0.4 is 0 Å². The number of carboxylic acid groups (broad SMARTS) is 1. The maximum absolute atomic E-state index is 12.4. The van der Waals surface area contributed by atoms with Crippen LogP contribution in [0.4, 0.5) is 0 Å². The molecule has 2 aromatic heterocycles. The highest BCUT2D eigenvalue weighted by molar-refractivity contribution is 6.05. The lowest BCUT2D eigenvalue weighted by Gasteiger charge is -2.23. The van der Waals surface area contributed by atoms with Crippen LogP contribution >= 0.6 is 0 Å². The number of para-hydroxylation sites is 1. The van der Waals surface area contributed by atoms with Gasteiger partial charge in [0, 0.05) is 35.1 Å². The number of aryl methyl sites for hydroxylation is 1. The topological polar surface area (TPSA) is 85.8 Å². The van der Waals surface area contributed by atoms with E-state index in [0.717, 1.165) is 63.8 Å². The molecule has 6 rings (SSSR count). The molecule has 0 saturated heterocycles. The van der Waals surface area contributed by atoms with Crippen LogP contribution in [0.2, 0.25) is 0 Å². The Morgan fingerprint density at radius 3 is 2.23 bits per heavy atom. The number of carbonyl (C=O) groups is 1. The van der Waals surface area contributed by atoms with E-state index in [4.69, 9.17) is 5.10 Å². The Morgan fingerprint density at radius 2 is 1.51 bits per heavy atom. The number of benzene rings is 4. The summed E-state index contributed by atoms with van der Waals surface area (Å²) in [6, 6.07) is 34.4. The Bertz CT molecular complexity index is 1880. The van der Waals surface area contributed by atoms with Gasteiger partial charge in [-0.25, -0.2) is 4.79 Å².